The molecule has 0 saturated heterocycles. The van der Waals surface area contributed by atoms with Gasteiger partial charge in [-0.1, -0.05) is 5.16 Å². The van der Waals surface area contributed by atoms with E-state index in [-0.39, 0.29) is 0 Å². The van der Waals surface area contributed by atoms with Gasteiger partial charge in [-0.3, -0.25) is 0 Å². The molecule has 4 heteroatoms. The van der Waals surface area contributed by atoms with Gasteiger partial charge in [0.15, 0.2) is 0 Å². The Kier molecular flexibility index (Phi) is 4.08. The maximum atomic E-state index is 4.68. The summed E-state index contributed by atoms with van der Waals surface area (Å²) in [6.45, 7) is 1.82. The molecule has 0 aromatic carbocycles. The molecular weight excluding hydrogens is 160 g/mol. The van der Waals surface area contributed by atoms with Crippen molar-refractivity contribution in [3.05, 3.63) is 18.0 Å². The van der Waals surface area contributed by atoms with E-state index >= 15 is 0 Å². The molecule has 11 heavy (non-hydrogen) atoms. The predicted molar refractivity (Wildman–Crippen MR) is 46.6 cm³/mol. The largest absolute Gasteiger partial charge is 0.364 e. The van der Waals surface area contributed by atoms with Gasteiger partial charge in [0.1, 0.15) is 6.26 Å². The molecule has 0 aliphatic carbocycles. The lowest BCUT2D eigenvalue weighted by molar-refractivity contribution is 0.409. The van der Waals surface area contributed by atoms with Crippen molar-refractivity contribution in [2.75, 3.05) is 18.6 Å². The second kappa shape index (κ2) is 5.21. The zero-order valence-corrected chi connectivity index (χ0v) is 7.36. The summed E-state index contributed by atoms with van der Waals surface area (Å²) in [4.78, 5) is 0. The van der Waals surface area contributed by atoms with Gasteiger partial charge in [-0.2, -0.15) is 11.8 Å². The molecule has 1 rings (SSSR count). The van der Waals surface area contributed by atoms with Crippen molar-refractivity contribution in [3.63, 3.8) is 0 Å². The van der Waals surface area contributed by atoms with E-state index in [4.69, 9.17) is 0 Å². The van der Waals surface area contributed by atoms with E-state index < -0.39 is 0 Å². The first-order valence-electron chi connectivity index (χ1n) is 3.52. The van der Waals surface area contributed by atoms with Crippen LogP contribution in [-0.2, 0) is 6.54 Å². The van der Waals surface area contributed by atoms with Gasteiger partial charge in [0.05, 0.1) is 5.69 Å². The highest BCUT2D eigenvalue weighted by atomic mass is 32.2. The second-order valence-corrected chi connectivity index (χ2v) is 3.15. The average molecular weight is 172 g/mol. The minimum atomic E-state index is 0.803. The van der Waals surface area contributed by atoms with Gasteiger partial charge in [0, 0.05) is 24.9 Å². The fraction of sp³-hybridized carbons (Fsp3) is 0.571. The van der Waals surface area contributed by atoms with Crippen LogP contribution in [-0.4, -0.2) is 23.7 Å². The number of nitrogens with zero attached hydrogens (tertiary/aromatic N) is 1. The van der Waals surface area contributed by atoms with E-state index in [0.29, 0.717) is 0 Å². The van der Waals surface area contributed by atoms with Gasteiger partial charge in [0.25, 0.3) is 0 Å². The van der Waals surface area contributed by atoms with Gasteiger partial charge in [0.2, 0.25) is 0 Å². The third kappa shape index (κ3) is 3.43. The standard InChI is InChI=1S/C7H12N2OS/c1-11-5-3-8-6-7-2-4-10-9-7/h2,4,8H,3,5-6H2,1H3. The monoisotopic (exact) mass is 172 g/mol. The smallest absolute Gasteiger partial charge is 0.124 e. The molecule has 0 amide bonds. The van der Waals surface area contributed by atoms with Gasteiger partial charge < -0.3 is 9.84 Å². The van der Waals surface area contributed by atoms with Crippen LogP contribution in [0.25, 0.3) is 0 Å². The summed E-state index contributed by atoms with van der Waals surface area (Å²) in [5.41, 5.74) is 0.964. The fourth-order valence-electron chi connectivity index (χ4n) is 0.719. The Hall–Kier alpha value is -0.480. The Morgan fingerprint density at radius 1 is 1.73 bits per heavy atom. The minimum Gasteiger partial charge on any atom is -0.364 e. The van der Waals surface area contributed by atoms with E-state index in [1.807, 2.05) is 17.8 Å². The Morgan fingerprint density at radius 2 is 2.64 bits per heavy atom. The molecule has 1 aromatic heterocycles. The number of hydrogen-bond acceptors (Lipinski definition) is 4. The average Bonchev–Trinajstić information content (AvgIpc) is 2.50. The van der Waals surface area contributed by atoms with Crippen molar-refractivity contribution >= 4 is 11.8 Å². The first-order chi connectivity index (χ1) is 5.43. The van der Waals surface area contributed by atoms with E-state index in [1.165, 1.54) is 0 Å². The van der Waals surface area contributed by atoms with E-state index in [0.717, 1.165) is 24.5 Å². The lowest BCUT2D eigenvalue weighted by Crippen LogP contribution is -2.16. The van der Waals surface area contributed by atoms with Crippen molar-refractivity contribution in [1.82, 2.24) is 10.5 Å². The number of thioether (sulfide) groups is 1. The zero-order chi connectivity index (χ0) is 7.94. The molecule has 0 radical (unpaired) electrons. The number of nitrogens with one attached hydrogen (secondary N) is 1. The maximum absolute atomic E-state index is 4.68. The maximum Gasteiger partial charge on any atom is 0.124 e. The van der Waals surface area contributed by atoms with Crippen LogP contribution in [0.3, 0.4) is 0 Å². The third-order valence-corrected chi connectivity index (χ3v) is 1.89. The van der Waals surface area contributed by atoms with Crippen LogP contribution in [0, 0.1) is 0 Å². The summed E-state index contributed by atoms with van der Waals surface area (Å²) in [5, 5.41) is 7.01. The second-order valence-electron chi connectivity index (χ2n) is 2.16. The molecule has 0 saturated carbocycles. The molecule has 0 spiro atoms. The predicted octanol–water partition coefficient (Wildman–Crippen LogP) is 1.13. The highest BCUT2D eigenvalue weighted by molar-refractivity contribution is 7.98. The van der Waals surface area contributed by atoms with Gasteiger partial charge in [-0.25, -0.2) is 0 Å². The Labute approximate surface area is 70.5 Å². The van der Waals surface area contributed by atoms with Gasteiger partial charge >= 0.3 is 0 Å². The Balaban J connectivity index is 2.04. The van der Waals surface area contributed by atoms with Crippen molar-refractivity contribution in [2.45, 2.75) is 6.54 Å². The lowest BCUT2D eigenvalue weighted by Gasteiger charge is -1.98. The molecular formula is C7H12N2OS. The van der Waals surface area contributed by atoms with Crippen LogP contribution in [0.5, 0.6) is 0 Å². The molecule has 0 unspecified atom stereocenters. The summed E-state index contributed by atoms with van der Waals surface area (Å²) < 4.78 is 4.68. The Bertz CT molecular complexity index is 177. The number of rotatable bonds is 5. The van der Waals surface area contributed by atoms with Crippen LogP contribution in [0.2, 0.25) is 0 Å². The van der Waals surface area contributed by atoms with Crippen LogP contribution < -0.4 is 5.32 Å². The fourth-order valence-corrected chi connectivity index (χ4v) is 1.07. The summed E-state index contributed by atoms with van der Waals surface area (Å²) in [6.07, 6.45) is 3.68. The first kappa shape index (κ1) is 8.62. The summed E-state index contributed by atoms with van der Waals surface area (Å²) in [6, 6.07) is 1.87. The van der Waals surface area contributed by atoms with Crippen molar-refractivity contribution in [1.29, 1.82) is 0 Å². The molecule has 0 fully saturated rings. The van der Waals surface area contributed by atoms with Crippen LogP contribution in [0.1, 0.15) is 5.69 Å². The highest BCUT2D eigenvalue weighted by Crippen LogP contribution is 1.93. The molecule has 1 aromatic rings. The SMILES string of the molecule is CSCCNCc1ccon1. The zero-order valence-electron chi connectivity index (χ0n) is 6.54. The first-order valence-corrected chi connectivity index (χ1v) is 4.92. The minimum absolute atomic E-state index is 0.803. The van der Waals surface area contributed by atoms with Crippen LogP contribution >= 0.6 is 11.8 Å². The van der Waals surface area contributed by atoms with E-state index in [2.05, 4.69) is 21.3 Å². The topological polar surface area (TPSA) is 38.1 Å². The number of aromatic nitrogens is 1. The van der Waals surface area contributed by atoms with Crippen molar-refractivity contribution in [2.24, 2.45) is 0 Å². The van der Waals surface area contributed by atoms with Crippen molar-refractivity contribution in [3.8, 4) is 0 Å². The lowest BCUT2D eigenvalue weighted by atomic mass is 10.4. The molecule has 0 aliphatic rings. The normalized spacial score (nSPS) is 10.3. The summed E-state index contributed by atoms with van der Waals surface area (Å²) >= 11 is 1.83. The highest BCUT2D eigenvalue weighted by Gasteiger charge is 1.93. The molecule has 62 valence electrons. The summed E-state index contributed by atoms with van der Waals surface area (Å²) in [5.74, 6) is 1.14. The van der Waals surface area contributed by atoms with Crippen molar-refractivity contribution < 1.29 is 4.52 Å². The molecule has 0 bridgehead atoms. The summed E-state index contributed by atoms with van der Waals surface area (Å²) in [7, 11) is 0. The number of hydrogen-bond donors (Lipinski definition) is 1. The van der Waals surface area contributed by atoms with Crippen LogP contribution in [0.4, 0.5) is 0 Å². The molecule has 1 heterocycles. The molecule has 1 N–H and O–H groups in total. The van der Waals surface area contributed by atoms with Gasteiger partial charge in [-0.15, -0.1) is 0 Å². The third-order valence-electron chi connectivity index (χ3n) is 1.28. The molecule has 0 atom stereocenters. The quantitative estimate of drug-likeness (QED) is 0.676. The van der Waals surface area contributed by atoms with E-state index in [9.17, 15) is 0 Å². The van der Waals surface area contributed by atoms with Crippen LogP contribution in [0.15, 0.2) is 16.9 Å². The van der Waals surface area contributed by atoms with E-state index in [1.54, 1.807) is 6.26 Å². The van der Waals surface area contributed by atoms with Gasteiger partial charge in [-0.05, 0) is 6.26 Å². The molecule has 0 aliphatic heterocycles. The Morgan fingerprint density at radius 3 is 3.27 bits per heavy atom. The molecule has 3 nitrogen and oxygen atoms in total.